The smallest absolute Gasteiger partial charge is 0.302 e. The lowest BCUT2D eigenvalue weighted by atomic mass is 10.1. The van der Waals surface area contributed by atoms with Gasteiger partial charge < -0.3 is 4.74 Å². The van der Waals surface area contributed by atoms with Crippen LogP contribution in [0.25, 0.3) is 0 Å². The van der Waals surface area contributed by atoms with Gasteiger partial charge in [0.15, 0.2) is 15.2 Å². The van der Waals surface area contributed by atoms with E-state index in [9.17, 15) is 22.8 Å². The van der Waals surface area contributed by atoms with Crippen molar-refractivity contribution in [1.29, 1.82) is 0 Å². The topological polar surface area (TPSA) is 97.8 Å². The third-order valence-corrected chi connectivity index (χ3v) is 6.71. The highest BCUT2D eigenvalue weighted by molar-refractivity contribution is 8.14. The van der Waals surface area contributed by atoms with E-state index in [2.05, 4.69) is 0 Å². The fraction of sp³-hybridized carbons (Fsp3) is 0.615. The number of nitrogens with zero attached hydrogens (tertiary/aromatic N) is 1. The number of esters is 1. The maximum atomic E-state index is 12.4. The highest BCUT2D eigenvalue weighted by Crippen LogP contribution is 2.41. The number of rotatable bonds is 4. The van der Waals surface area contributed by atoms with Crippen LogP contribution in [0.2, 0.25) is 0 Å². The Morgan fingerprint density at radius 3 is 2.57 bits per heavy atom. The van der Waals surface area contributed by atoms with Crippen LogP contribution in [-0.2, 0) is 29.0 Å². The fourth-order valence-electron chi connectivity index (χ4n) is 2.39. The monoisotopic (exact) mass is 381 g/mol. The van der Waals surface area contributed by atoms with Gasteiger partial charge in [0.1, 0.15) is 17.7 Å². The summed E-state index contributed by atoms with van der Waals surface area (Å²) < 4.78 is 29.4. The van der Waals surface area contributed by atoms with Gasteiger partial charge in [0, 0.05) is 17.7 Å². The number of carbonyl (C=O) groups excluding carboxylic acids is 3. The Labute approximate surface area is 143 Å². The van der Waals surface area contributed by atoms with Crippen LogP contribution in [0.15, 0.2) is 11.3 Å². The van der Waals surface area contributed by atoms with Gasteiger partial charge in [0.05, 0.1) is 5.75 Å². The number of thioether (sulfide) groups is 1. The summed E-state index contributed by atoms with van der Waals surface area (Å²) in [4.78, 5) is 36.4. The van der Waals surface area contributed by atoms with E-state index >= 15 is 0 Å². The third kappa shape index (κ3) is 3.41. The lowest BCUT2D eigenvalue weighted by molar-refractivity contribution is -0.140. The summed E-state index contributed by atoms with van der Waals surface area (Å²) in [6, 6.07) is 0. The second-order valence-corrected chi connectivity index (χ2v) is 9.61. The molecule has 23 heavy (non-hydrogen) atoms. The van der Waals surface area contributed by atoms with Crippen LogP contribution in [0.3, 0.4) is 0 Å². The molecule has 2 aliphatic heterocycles. The molecule has 0 aromatic heterocycles. The van der Waals surface area contributed by atoms with Crippen molar-refractivity contribution < 1.29 is 27.5 Å². The van der Waals surface area contributed by atoms with Gasteiger partial charge in [-0.1, -0.05) is 25.6 Å². The lowest BCUT2D eigenvalue weighted by Crippen LogP contribution is -2.68. The Bertz CT molecular complexity index is 699. The molecule has 10 heteroatoms. The first-order valence-corrected chi connectivity index (χ1v) is 9.84. The average molecular weight is 382 g/mol. The van der Waals surface area contributed by atoms with Crippen molar-refractivity contribution in [2.75, 3.05) is 12.4 Å². The number of hydrogen-bond acceptors (Lipinski definition) is 7. The quantitative estimate of drug-likeness (QED) is 0.401. The molecule has 2 aliphatic rings. The van der Waals surface area contributed by atoms with Crippen LogP contribution >= 0.6 is 23.4 Å². The van der Waals surface area contributed by atoms with E-state index in [0.717, 1.165) is 16.7 Å². The summed E-state index contributed by atoms with van der Waals surface area (Å²) in [5, 5.41) is -2.91. The SMILES string of the molecule is CC(=O)OCC1=C(C(=O)SC(C)C)N2C(=O)[C@H](Cl)[C@H]2S(=O)(=O)C1. The van der Waals surface area contributed by atoms with Crippen molar-refractivity contribution in [1.82, 2.24) is 4.90 Å². The molecule has 0 spiro atoms. The zero-order chi connectivity index (χ0) is 17.5. The molecule has 2 rings (SSSR count). The predicted octanol–water partition coefficient (Wildman–Crippen LogP) is 0.676. The number of fused-ring (bicyclic) bond motifs is 1. The number of β-lactam (4-membered cyclic amide) rings is 1. The molecule has 0 aromatic rings. The standard InChI is InChI=1S/C13H16ClNO6S2/c1-6(2)22-13(18)10-8(4-21-7(3)16)5-23(19,20)12-9(14)11(17)15(10)12/h6,9,12H,4-5H2,1-3H3/t9-,12+/m0/s1. The van der Waals surface area contributed by atoms with Crippen LogP contribution in [0.1, 0.15) is 20.8 Å². The molecule has 128 valence electrons. The van der Waals surface area contributed by atoms with E-state index in [1.54, 1.807) is 13.8 Å². The number of carbonyl (C=O) groups is 3. The molecule has 0 bridgehead atoms. The Hall–Kier alpha value is -1.06. The minimum atomic E-state index is -3.74. The van der Waals surface area contributed by atoms with Crippen molar-refractivity contribution in [2.45, 2.75) is 36.8 Å². The van der Waals surface area contributed by atoms with E-state index in [1.165, 1.54) is 6.92 Å². The molecule has 2 heterocycles. The number of amides is 1. The molecular weight excluding hydrogens is 366 g/mol. The first kappa shape index (κ1) is 18.3. The molecule has 2 atom stereocenters. The van der Waals surface area contributed by atoms with Crippen LogP contribution in [-0.4, -0.2) is 58.7 Å². The Morgan fingerprint density at radius 2 is 2.04 bits per heavy atom. The Kier molecular flexibility index (Phi) is 5.12. The van der Waals surface area contributed by atoms with Gasteiger partial charge >= 0.3 is 5.97 Å². The number of ether oxygens (including phenoxy) is 1. The van der Waals surface area contributed by atoms with Gasteiger partial charge in [-0.2, -0.15) is 0 Å². The van der Waals surface area contributed by atoms with Gasteiger partial charge in [-0.05, 0) is 0 Å². The highest BCUT2D eigenvalue weighted by atomic mass is 35.5. The first-order chi connectivity index (χ1) is 10.6. The van der Waals surface area contributed by atoms with Gasteiger partial charge in [-0.3, -0.25) is 19.3 Å². The minimum Gasteiger partial charge on any atom is -0.461 e. The van der Waals surface area contributed by atoms with E-state index < -0.39 is 43.3 Å². The summed E-state index contributed by atoms with van der Waals surface area (Å²) in [7, 11) is -3.74. The highest BCUT2D eigenvalue weighted by Gasteiger charge is 2.59. The molecule has 0 aromatic carbocycles. The molecule has 1 amide bonds. The largest absolute Gasteiger partial charge is 0.461 e. The Morgan fingerprint density at radius 1 is 1.43 bits per heavy atom. The van der Waals surface area contributed by atoms with Crippen molar-refractivity contribution in [3.8, 4) is 0 Å². The van der Waals surface area contributed by atoms with Crippen LogP contribution in [0, 0.1) is 0 Å². The van der Waals surface area contributed by atoms with E-state index in [1.807, 2.05) is 0 Å². The summed E-state index contributed by atoms with van der Waals surface area (Å²) in [5.74, 6) is -1.70. The minimum absolute atomic E-state index is 0.0216. The average Bonchev–Trinajstić information content (AvgIpc) is 2.41. The summed E-state index contributed by atoms with van der Waals surface area (Å²) in [6.07, 6.45) is 0. The number of halogens is 1. The maximum Gasteiger partial charge on any atom is 0.302 e. The predicted molar refractivity (Wildman–Crippen MR) is 85.5 cm³/mol. The van der Waals surface area contributed by atoms with E-state index in [-0.39, 0.29) is 23.1 Å². The lowest BCUT2D eigenvalue weighted by Gasteiger charge is -2.47. The van der Waals surface area contributed by atoms with Crippen molar-refractivity contribution in [2.24, 2.45) is 0 Å². The fourth-order valence-corrected chi connectivity index (χ4v) is 5.75. The molecular formula is C13H16ClNO6S2. The Balaban J connectivity index is 2.47. The first-order valence-electron chi connectivity index (χ1n) is 6.81. The summed E-state index contributed by atoms with van der Waals surface area (Å²) in [6.45, 7) is 4.43. The second-order valence-electron chi connectivity index (χ2n) is 5.49. The number of sulfone groups is 1. The molecule has 0 aliphatic carbocycles. The molecule has 0 N–H and O–H groups in total. The van der Waals surface area contributed by atoms with Gasteiger partial charge in [-0.15, -0.1) is 11.6 Å². The van der Waals surface area contributed by atoms with E-state index in [4.69, 9.17) is 16.3 Å². The molecule has 1 fully saturated rings. The van der Waals surface area contributed by atoms with Crippen molar-refractivity contribution in [3.63, 3.8) is 0 Å². The third-order valence-electron chi connectivity index (χ3n) is 3.28. The number of alkyl halides is 1. The van der Waals surface area contributed by atoms with Crippen molar-refractivity contribution >= 4 is 50.2 Å². The van der Waals surface area contributed by atoms with Gasteiger partial charge in [0.2, 0.25) is 11.0 Å². The van der Waals surface area contributed by atoms with Gasteiger partial charge in [0.25, 0.3) is 0 Å². The maximum absolute atomic E-state index is 12.4. The van der Waals surface area contributed by atoms with E-state index in [0.29, 0.717) is 0 Å². The summed E-state index contributed by atoms with van der Waals surface area (Å²) >= 11 is 6.79. The molecule has 0 unspecified atom stereocenters. The zero-order valence-electron chi connectivity index (χ0n) is 12.7. The molecule has 7 nitrogen and oxygen atoms in total. The van der Waals surface area contributed by atoms with Crippen molar-refractivity contribution in [3.05, 3.63) is 11.3 Å². The summed E-state index contributed by atoms with van der Waals surface area (Å²) in [5.41, 5.74) is 0.0817. The molecule has 0 saturated carbocycles. The molecule has 0 radical (unpaired) electrons. The van der Waals surface area contributed by atoms with Crippen LogP contribution < -0.4 is 0 Å². The second kappa shape index (κ2) is 6.45. The molecule has 1 saturated heterocycles. The zero-order valence-corrected chi connectivity index (χ0v) is 15.1. The normalized spacial score (nSPS) is 26.0. The number of hydrogen-bond donors (Lipinski definition) is 0. The van der Waals surface area contributed by atoms with Crippen LogP contribution in [0.4, 0.5) is 0 Å². The van der Waals surface area contributed by atoms with Gasteiger partial charge in [-0.25, -0.2) is 8.42 Å². The van der Waals surface area contributed by atoms with Crippen LogP contribution in [0.5, 0.6) is 0 Å².